The maximum Gasteiger partial charge on any atom is 0.328 e. The van der Waals surface area contributed by atoms with Crippen molar-refractivity contribution in [2.45, 2.75) is 51.7 Å². The molecule has 0 radical (unpaired) electrons. The van der Waals surface area contributed by atoms with Crippen LogP contribution in [0.1, 0.15) is 40.7 Å². The number of rotatable bonds is 7. The number of imide groups is 1. The van der Waals surface area contributed by atoms with Crippen molar-refractivity contribution >= 4 is 11.9 Å². The van der Waals surface area contributed by atoms with Gasteiger partial charge in [0.1, 0.15) is 5.54 Å². The molecule has 3 amide bonds. The Morgan fingerprint density at radius 3 is 2.33 bits per heavy atom. The first-order chi connectivity index (χ1) is 17.5. The Bertz CT molecular complexity index is 1220. The standard InChI is InChI=1S/C30H34N4O2/c1-23-10-11-27(24(2)19-23)22-32-17-13-30(14-18-32)28(35)33(21-26-9-6-15-31-20-26)29(36)34(30)16-12-25-7-4-3-5-8-25/h3-11,15,19-20H,12-14,16-18,21-22H2,1-2H3. The Hall–Kier alpha value is -3.51. The highest BCUT2D eigenvalue weighted by atomic mass is 16.2. The molecule has 0 N–H and O–H groups in total. The number of likely N-dealkylation sites (tertiary alicyclic amines) is 1. The molecule has 0 aliphatic carbocycles. The van der Waals surface area contributed by atoms with Gasteiger partial charge in [0.2, 0.25) is 0 Å². The highest BCUT2D eigenvalue weighted by Gasteiger charge is 2.57. The van der Waals surface area contributed by atoms with Crippen LogP contribution < -0.4 is 0 Å². The van der Waals surface area contributed by atoms with E-state index in [1.54, 1.807) is 12.4 Å². The largest absolute Gasteiger partial charge is 0.328 e. The first-order valence-corrected chi connectivity index (χ1v) is 12.8. The van der Waals surface area contributed by atoms with Crippen molar-refractivity contribution in [2.24, 2.45) is 0 Å². The average molecular weight is 483 g/mol. The summed E-state index contributed by atoms with van der Waals surface area (Å²) in [5, 5.41) is 0. The van der Waals surface area contributed by atoms with Crippen LogP contribution in [0.15, 0.2) is 73.1 Å². The first kappa shape index (κ1) is 24.2. The molecule has 186 valence electrons. The number of piperidine rings is 1. The summed E-state index contributed by atoms with van der Waals surface area (Å²) < 4.78 is 0. The van der Waals surface area contributed by atoms with Crippen LogP contribution in [-0.4, -0.2) is 56.8 Å². The van der Waals surface area contributed by atoms with E-state index in [1.165, 1.54) is 27.2 Å². The highest BCUT2D eigenvalue weighted by Crippen LogP contribution is 2.38. The third-order valence-electron chi connectivity index (χ3n) is 7.73. The van der Waals surface area contributed by atoms with E-state index in [0.717, 1.165) is 31.6 Å². The number of nitrogens with zero attached hydrogens (tertiary/aromatic N) is 4. The monoisotopic (exact) mass is 482 g/mol. The third kappa shape index (κ3) is 4.78. The fourth-order valence-corrected chi connectivity index (χ4v) is 5.62. The number of pyridine rings is 1. The molecule has 1 spiro atoms. The van der Waals surface area contributed by atoms with Crippen molar-refractivity contribution in [1.29, 1.82) is 0 Å². The number of aryl methyl sites for hydroxylation is 2. The van der Waals surface area contributed by atoms with Gasteiger partial charge in [-0.25, -0.2) is 4.79 Å². The van der Waals surface area contributed by atoms with Gasteiger partial charge >= 0.3 is 6.03 Å². The van der Waals surface area contributed by atoms with Gasteiger partial charge < -0.3 is 4.90 Å². The lowest BCUT2D eigenvalue weighted by molar-refractivity contribution is -0.136. The summed E-state index contributed by atoms with van der Waals surface area (Å²) >= 11 is 0. The van der Waals surface area contributed by atoms with Crippen LogP contribution in [0.5, 0.6) is 0 Å². The van der Waals surface area contributed by atoms with Gasteiger partial charge in [-0.15, -0.1) is 0 Å². The molecule has 2 aliphatic heterocycles. The summed E-state index contributed by atoms with van der Waals surface area (Å²) in [4.78, 5) is 37.5. The van der Waals surface area contributed by atoms with Gasteiger partial charge in [-0.05, 0) is 61.4 Å². The molecule has 3 aromatic rings. The number of carbonyl (C=O) groups is 2. The summed E-state index contributed by atoms with van der Waals surface area (Å²) in [6, 6.07) is 20.4. The van der Waals surface area contributed by atoms with E-state index >= 15 is 0 Å². The van der Waals surface area contributed by atoms with Crippen LogP contribution in [0.4, 0.5) is 4.79 Å². The Labute approximate surface area is 213 Å². The second kappa shape index (κ2) is 10.2. The van der Waals surface area contributed by atoms with Crippen LogP contribution in [-0.2, 0) is 24.3 Å². The second-order valence-corrected chi connectivity index (χ2v) is 10.2. The lowest BCUT2D eigenvalue weighted by Crippen LogP contribution is -2.56. The van der Waals surface area contributed by atoms with E-state index in [9.17, 15) is 9.59 Å². The lowest BCUT2D eigenvalue weighted by atomic mass is 9.85. The summed E-state index contributed by atoms with van der Waals surface area (Å²) in [6.45, 7) is 7.52. The molecule has 36 heavy (non-hydrogen) atoms. The van der Waals surface area contributed by atoms with Gasteiger partial charge in [0, 0.05) is 38.6 Å². The second-order valence-electron chi connectivity index (χ2n) is 10.2. The normalized spacial score (nSPS) is 17.8. The molecule has 3 heterocycles. The SMILES string of the molecule is Cc1ccc(CN2CCC3(CC2)C(=O)N(Cc2cccnc2)C(=O)N3CCc2ccccc2)c(C)c1. The Balaban J connectivity index is 1.35. The van der Waals surface area contributed by atoms with Gasteiger partial charge in [-0.2, -0.15) is 0 Å². The zero-order valence-electron chi connectivity index (χ0n) is 21.2. The highest BCUT2D eigenvalue weighted by molar-refractivity contribution is 6.07. The predicted octanol–water partition coefficient (Wildman–Crippen LogP) is 4.74. The molecule has 2 aromatic carbocycles. The van der Waals surface area contributed by atoms with Crippen molar-refractivity contribution in [3.63, 3.8) is 0 Å². The Morgan fingerprint density at radius 2 is 1.64 bits per heavy atom. The number of amides is 3. The summed E-state index contributed by atoms with van der Waals surface area (Å²) in [7, 11) is 0. The molecular formula is C30H34N4O2. The minimum atomic E-state index is -0.771. The third-order valence-corrected chi connectivity index (χ3v) is 7.73. The van der Waals surface area contributed by atoms with Crippen molar-refractivity contribution in [3.05, 3.63) is 101 Å². The van der Waals surface area contributed by atoms with Crippen LogP contribution in [0, 0.1) is 13.8 Å². The molecule has 6 nitrogen and oxygen atoms in total. The zero-order valence-corrected chi connectivity index (χ0v) is 21.2. The van der Waals surface area contributed by atoms with Crippen molar-refractivity contribution in [1.82, 2.24) is 19.7 Å². The molecule has 5 rings (SSSR count). The summed E-state index contributed by atoms with van der Waals surface area (Å²) in [6.07, 6.45) is 5.47. The van der Waals surface area contributed by atoms with Gasteiger partial charge in [-0.3, -0.25) is 19.6 Å². The molecular weight excluding hydrogens is 448 g/mol. The van der Waals surface area contributed by atoms with Crippen molar-refractivity contribution < 1.29 is 9.59 Å². The molecule has 2 aliphatic rings. The zero-order chi connectivity index (χ0) is 25.1. The van der Waals surface area contributed by atoms with Crippen LogP contribution in [0.2, 0.25) is 0 Å². The van der Waals surface area contributed by atoms with Crippen LogP contribution >= 0.6 is 0 Å². The minimum absolute atomic E-state index is 0.0596. The Morgan fingerprint density at radius 1 is 0.889 bits per heavy atom. The summed E-state index contributed by atoms with van der Waals surface area (Å²) in [5.74, 6) is -0.0596. The van der Waals surface area contributed by atoms with Crippen LogP contribution in [0.25, 0.3) is 0 Å². The molecule has 1 aromatic heterocycles. The maximum absolute atomic E-state index is 13.9. The molecule has 2 fully saturated rings. The predicted molar refractivity (Wildman–Crippen MR) is 140 cm³/mol. The minimum Gasteiger partial charge on any atom is -0.309 e. The van der Waals surface area contributed by atoms with E-state index in [0.29, 0.717) is 19.4 Å². The topological polar surface area (TPSA) is 56.8 Å². The molecule has 2 saturated heterocycles. The number of urea groups is 1. The van der Waals surface area contributed by atoms with Gasteiger partial charge in [0.25, 0.3) is 5.91 Å². The van der Waals surface area contributed by atoms with Crippen molar-refractivity contribution in [2.75, 3.05) is 19.6 Å². The molecule has 0 atom stereocenters. The lowest BCUT2D eigenvalue weighted by Gasteiger charge is -2.42. The Kier molecular flexibility index (Phi) is 6.88. The molecule has 0 unspecified atom stereocenters. The summed E-state index contributed by atoms with van der Waals surface area (Å²) in [5.41, 5.74) is 5.16. The van der Waals surface area contributed by atoms with E-state index in [-0.39, 0.29) is 18.5 Å². The van der Waals surface area contributed by atoms with Gasteiger partial charge in [0.15, 0.2) is 0 Å². The molecule has 0 saturated carbocycles. The van der Waals surface area contributed by atoms with Gasteiger partial charge in [-0.1, -0.05) is 60.2 Å². The van der Waals surface area contributed by atoms with E-state index < -0.39 is 5.54 Å². The van der Waals surface area contributed by atoms with Crippen molar-refractivity contribution in [3.8, 4) is 0 Å². The number of aromatic nitrogens is 1. The average Bonchev–Trinajstić information content (AvgIpc) is 3.08. The van der Waals surface area contributed by atoms with Crippen LogP contribution in [0.3, 0.4) is 0 Å². The maximum atomic E-state index is 13.9. The number of benzene rings is 2. The molecule has 0 bridgehead atoms. The quantitative estimate of drug-likeness (QED) is 0.457. The number of hydrogen-bond donors (Lipinski definition) is 0. The van der Waals surface area contributed by atoms with Gasteiger partial charge in [0.05, 0.1) is 6.54 Å². The van der Waals surface area contributed by atoms with E-state index in [4.69, 9.17) is 0 Å². The van der Waals surface area contributed by atoms with E-state index in [2.05, 4.69) is 54.1 Å². The number of carbonyl (C=O) groups excluding carboxylic acids is 2. The molecule has 6 heteroatoms. The fourth-order valence-electron chi connectivity index (χ4n) is 5.62. The van der Waals surface area contributed by atoms with E-state index in [1.807, 2.05) is 35.2 Å². The fraction of sp³-hybridized carbons (Fsp3) is 0.367. The first-order valence-electron chi connectivity index (χ1n) is 12.8. The smallest absolute Gasteiger partial charge is 0.309 e. The number of hydrogen-bond acceptors (Lipinski definition) is 4.